The van der Waals surface area contributed by atoms with Crippen LogP contribution in [0.4, 0.5) is 4.39 Å². The first kappa shape index (κ1) is 8.98. The molecule has 1 rings (SSSR count). The first-order valence-corrected chi connectivity index (χ1v) is 4.37. The maximum atomic E-state index is 12.7. The quantitative estimate of drug-likeness (QED) is 0.571. The molecule has 0 aromatic carbocycles. The van der Waals surface area contributed by atoms with Crippen molar-refractivity contribution in [2.75, 3.05) is 6.54 Å². The highest BCUT2D eigenvalue weighted by Gasteiger charge is 2.28. The van der Waals surface area contributed by atoms with E-state index in [1.807, 2.05) is 0 Å². The SMILES string of the molecule is CC(C)(C)C1CCC(F)CN1. The Balaban J connectivity index is 2.39. The molecule has 2 unspecified atom stereocenters. The lowest BCUT2D eigenvalue weighted by Crippen LogP contribution is -2.47. The van der Waals surface area contributed by atoms with Gasteiger partial charge in [-0.3, -0.25) is 0 Å². The van der Waals surface area contributed by atoms with E-state index in [-0.39, 0.29) is 5.41 Å². The average molecular weight is 159 g/mol. The molecule has 2 heteroatoms. The number of piperidine rings is 1. The summed E-state index contributed by atoms with van der Waals surface area (Å²) < 4.78 is 12.7. The molecule has 66 valence electrons. The Morgan fingerprint density at radius 2 is 1.91 bits per heavy atom. The molecule has 1 nitrogen and oxygen atoms in total. The maximum absolute atomic E-state index is 12.7. The zero-order chi connectivity index (χ0) is 8.48. The van der Waals surface area contributed by atoms with Gasteiger partial charge in [0, 0.05) is 12.6 Å². The van der Waals surface area contributed by atoms with Crippen LogP contribution < -0.4 is 5.32 Å². The smallest absolute Gasteiger partial charge is 0.113 e. The van der Waals surface area contributed by atoms with Gasteiger partial charge in [-0.25, -0.2) is 4.39 Å². The number of hydrogen-bond acceptors (Lipinski definition) is 1. The fourth-order valence-electron chi connectivity index (χ4n) is 1.56. The lowest BCUT2D eigenvalue weighted by molar-refractivity contribution is 0.164. The van der Waals surface area contributed by atoms with Crippen LogP contribution >= 0.6 is 0 Å². The van der Waals surface area contributed by atoms with E-state index >= 15 is 0 Å². The number of nitrogens with one attached hydrogen (secondary N) is 1. The lowest BCUT2D eigenvalue weighted by atomic mass is 9.82. The molecule has 0 amide bonds. The molecule has 1 N–H and O–H groups in total. The van der Waals surface area contributed by atoms with Crippen LogP contribution in [0.2, 0.25) is 0 Å². The van der Waals surface area contributed by atoms with Crippen LogP contribution in [-0.4, -0.2) is 18.8 Å². The molecule has 0 bridgehead atoms. The van der Waals surface area contributed by atoms with Crippen molar-refractivity contribution in [1.82, 2.24) is 5.32 Å². The minimum atomic E-state index is -0.617. The summed E-state index contributed by atoms with van der Waals surface area (Å²) in [5.41, 5.74) is 0.278. The lowest BCUT2D eigenvalue weighted by Gasteiger charge is -2.35. The van der Waals surface area contributed by atoms with Crippen molar-refractivity contribution in [3.8, 4) is 0 Å². The highest BCUT2D eigenvalue weighted by atomic mass is 19.1. The largest absolute Gasteiger partial charge is 0.311 e. The van der Waals surface area contributed by atoms with Gasteiger partial charge in [0.25, 0.3) is 0 Å². The van der Waals surface area contributed by atoms with Crippen LogP contribution in [0.25, 0.3) is 0 Å². The molecule has 1 heterocycles. The van der Waals surface area contributed by atoms with Crippen LogP contribution in [-0.2, 0) is 0 Å². The Morgan fingerprint density at radius 1 is 1.27 bits per heavy atom. The molecule has 0 saturated carbocycles. The molecule has 0 radical (unpaired) electrons. The Labute approximate surface area is 68.4 Å². The zero-order valence-corrected chi connectivity index (χ0v) is 7.65. The standard InChI is InChI=1S/C9H18FN/c1-9(2,3)8-5-4-7(10)6-11-8/h7-8,11H,4-6H2,1-3H3. The van der Waals surface area contributed by atoms with Gasteiger partial charge in [-0.2, -0.15) is 0 Å². The van der Waals surface area contributed by atoms with Crippen LogP contribution in [0.3, 0.4) is 0 Å². The predicted octanol–water partition coefficient (Wildman–Crippen LogP) is 2.12. The van der Waals surface area contributed by atoms with Crippen molar-refractivity contribution in [3.05, 3.63) is 0 Å². The second-order valence-corrected chi connectivity index (χ2v) is 4.50. The molecule has 1 saturated heterocycles. The van der Waals surface area contributed by atoms with Gasteiger partial charge in [0.1, 0.15) is 6.17 Å². The van der Waals surface area contributed by atoms with Gasteiger partial charge in [0.15, 0.2) is 0 Å². The first-order chi connectivity index (χ1) is 5.00. The fraction of sp³-hybridized carbons (Fsp3) is 1.00. The van der Waals surface area contributed by atoms with Crippen LogP contribution in [0, 0.1) is 5.41 Å². The number of rotatable bonds is 0. The molecule has 1 aliphatic heterocycles. The Hall–Kier alpha value is -0.110. The Morgan fingerprint density at radius 3 is 2.27 bits per heavy atom. The van der Waals surface area contributed by atoms with Crippen molar-refractivity contribution in [2.45, 2.75) is 45.8 Å². The van der Waals surface area contributed by atoms with Gasteiger partial charge < -0.3 is 5.32 Å². The topological polar surface area (TPSA) is 12.0 Å². The van der Waals surface area contributed by atoms with Crippen molar-refractivity contribution >= 4 is 0 Å². The molecular weight excluding hydrogens is 141 g/mol. The van der Waals surface area contributed by atoms with Gasteiger partial charge in [0.05, 0.1) is 0 Å². The minimum absolute atomic E-state index is 0.278. The fourth-order valence-corrected chi connectivity index (χ4v) is 1.56. The summed E-state index contributed by atoms with van der Waals surface area (Å²) >= 11 is 0. The monoisotopic (exact) mass is 159 g/mol. The van der Waals surface area contributed by atoms with Crippen molar-refractivity contribution in [1.29, 1.82) is 0 Å². The third-order valence-electron chi connectivity index (χ3n) is 2.40. The minimum Gasteiger partial charge on any atom is -0.311 e. The third-order valence-corrected chi connectivity index (χ3v) is 2.40. The normalized spacial score (nSPS) is 33.8. The maximum Gasteiger partial charge on any atom is 0.113 e. The first-order valence-electron chi connectivity index (χ1n) is 4.37. The van der Waals surface area contributed by atoms with Crippen LogP contribution in [0.15, 0.2) is 0 Å². The zero-order valence-electron chi connectivity index (χ0n) is 7.65. The highest BCUT2D eigenvalue weighted by molar-refractivity contribution is 4.85. The van der Waals surface area contributed by atoms with E-state index in [1.54, 1.807) is 0 Å². The van der Waals surface area contributed by atoms with Crippen molar-refractivity contribution < 1.29 is 4.39 Å². The van der Waals surface area contributed by atoms with Gasteiger partial charge in [-0.15, -0.1) is 0 Å². The predicted molar refractivity (Wildman–Crippen MR) is 45.4 cm³/mol. The van der Waals surface area contributed by atoms with Crippen LogP contribution in [0.1, 0.15) is 33.6 Å². The van der Waals surface area contributed by atoms with Gasteiger partial charge in [-0.05, 0) is 18.3 Å². The summed E-state index contributed by atoms with van der Waals surface area (Å²) in [5.74, 6) is 0. The molecule has 0 aromatic heterocycles. The second kappa shape index (κ2) is 3.10. The summed E-state index contributed by atoms with van der Waals surface area (Å²) in [6.45, 7) is 7.14. The van der Waals surface area contributed by atoms with E-state index in [0.29, 0.717) is 12.6 Å². The van der Waals surface area contributed by atoms with Gasteiger partial charge in [-0.1, -0.05) is 20.8 Å². The Kier molecular flexibility index (Phi) is 2.53. The summed E-state index contributed by atoms with van der Waals surface area (Å²) in [6.07, 6.45) is 1.09. The van der Waals surface area contributed by atoms with E-state index < -0.39 is 6.17 Å². The summed E-state index contributed by atoms with van der Waals surface area (Å²) in [6, 6.07) is 0.495. The molecule has 0 aromatic rings. The average Bonchev–Trinajstić information content (AvgIpc) is 1.86. The van der Waals surface area contributed by atoms with Gasteiger partial charge in [0.2, 0.25) is 0 Å². The van der Waals surface area contributed by atoms with E-state index in [1.165, 1.54) is 0 Å². The van der Waals surface area contributed by atoms with E-state index in [2.05, 4.69) is 26.1 Å². The van der Waals surface area contributed by atoms with E-state index in [0.717, 1.165) is 12.8 Å². The second-order valence-electron chi connectivity index (χ2n) is 4.50. The molecule has 0 aliphatic carbocycles. The van der Waals surface area contributed by atoms with Crippen LogP contribution in [0.5, 0.6) is 0 Å². The molecule has 11 heavy (non-hydrogen) atoms. The molecule has 2 atom stereocenters. The molecule has 0 spiro atoms. The van der Waals surface area contributed by atoms with Gasteiger partial charge >= 0.3 is 0 Å². The molecule has 1 fully saturated rings. The molecular formula is C9H18FN. The third kappa shape index (κ3) is 2.44. The molecule has 1 aliphatic rings. The summed E-state index contributed by atoms with van der Waals surface area (Å²) in [7, 11) is 0. The summed E-state index contributed by atoms with van der Waals surface area (Å²) in [4.78, 5) is 0. The highest BCUT2D eigenvalue weighted by Crippen LogP contribution is 2.26. The summed E-state index contributed by atoms with van der Waals surface area (Å²) in [5, 5.41) is 3.23. The van der Waals surface area contributed by atoms with Crippen molar-refractivity contribution in [2.24, 2.45) is 5.41 Å². The Bertz CT molecular complexity index is 120. The van der Waals surface area contributed by atoms with E-state index in [4.69, 9.17) is 0 Å². The number of hydrogen-bond donors (Lipinski definition) is 1. The number of alkyl halides is 1. The van der Waals surface area contributed by atoms with E-state index in [9.17, 15) is 4.39 Å². The number of halogens is 1. The van der Waals surface area contributed by atoms with Crippen molar-refractivity contribution in [3.63, 3.8) is 0 Å².